The lowest BCUT2D eigenvalue weighted by Crippen LogP contribution is -2.95. The Bertz CT molecular complexity index is 662. The Morgan fingerprint density at radius 1 is 1.32 bits per heavy atom. The first-order valence-electron chi connectivity index (χ1n) is 8.36. The number of hydrogen-bond donors (Lipinski definition) is 2. The van der Waals surface area contributed by atoms with Crippen LogP contribution in [0.3, 0.4) is 0 Å². The molecule has 0 fully saturated rings. The first-order chi connectivity index (χ1) is 10.7. The number of aromatic nitrogens is 1. The minimum absolute atomic E-state index is 0.205. The van der Waals surface area contributed by atoms with Crippen LogP contribution in [0, 0.1) is 0 Å². The maximum atomic E-state index is 11.4. The molecule has 0 saturated carbocycles. The van der Waals surface area contributed by atoms with E-state index in [2.05, 4.69) is 24.0 Å². The number of unbranched alkanes of at least 4 members (excludes halogenated alkanes) is 3. The summed E-state index contributed by atoms with van der Waals surface area (Å²) in [4.78, 5) is 14.9. The number of benzene rings is 1. The van der Waals surface area contributed by atoms with Crippen molar-refractivity contribution in [2.45, 2.75) is 57.5 Å². The fraction of sp³-hybridized carbons (Fsp3) is 0.500. The summed E-state index contributed by atoms with van der Waals surface area (Å²) in [5, 5.41) is 14.5. The molecule has 3 rings (SSSR count). The lowest BCUT2D eigenvalue weighted by atomic mass is 9.91. The van der Waals surface area contributed by atoms with Gasteiger partial charge < -0.3 is 20.2 Å². The smallest absolute Gasteiger partial charge is 0.131 e. The highest BCUT2D eigenvalue weighted by atomic mass is 16.4. The van der Waals surface area contributed by atoms with Gasteiger partial charge in [0.2, 0.25) is 0 Å². The van der Waals surface area contributed by atoms with E-state index in [-0.39, 0.29) is 6.04 Å². The van der Waals surface area contributed by atoms with Crippen LogP contribution in [0.2, 0.25) is 0 Å². The third kappa shape index (κ3) is 2.88. The molecule has 1 aliphatic rings. The number of carbonyl (C=O) groups is 1. The number of rotatable bonds is 6. The van der Waals surface area contributed by atoms with Crippen molar-refractivity contribution in [2.75, 3.05) is 0 Å². The molecule has 0 spiro atoms. The Kier molecular flexibility index (Phi) is 4.48. The van der Waals surface area contributed by atoms with Crippen molar-refractivity contribution in [3.05, 3.63) is 35.5 Å². The molecule has 0 saturated heterocycles. The number of aliphatic carboxylic acids is 1. The molecule has 4 nitrogen and oxygen atoms in total. The molecule has 3 N–H and O–H groups in total. The molecule has 0 aliphatic carbocycles. The van der Waals surface area contributed by atoms with Gasteiger partial charge in [0.05, 0.1) is 11.7 Å². The van der Waals surface area contributed by atoms with Crippen LogP contribution >= 0.6 is 0 Å². The van der Waals surface area contributed by atoms with Crippen LogP contribution in [0.25, 0.3) is 10.9 Å². The molecule has 2 aromatic rings. The normalized spacial score (nSPS) is 21.0. The molecule has 1 aliphatic heterocycles. The van der Waals surface area contributed by atoms with E-state index < -0.39 is 12.0 Å². The standard InChI is InChI=1S/C18H24N2O2/c1-2-3-4-5-10-15-17-13(11-16(19-15)18(21)22)12-8-6-7-9-14(12)20-17/h6-9,15-16,19-20H,2-5,10-11H2,1H3,(H,21,22)/t15-,16-/m0/s1. The number of para-hydroxylation sites is 1. The van der Waals surface area contributed by atoms with Gasteiger partial charge in [0, 0.05) is 23.7 Å². The molecule has 2 atom stereocenters. The van der Waals surface area contributed by atoms with E-state index in [1.54, 1.807) is 0 Å². The molecule has 118 valence electrons. The van der Waals surface area contributed by atoms with Crippen molar-refractivity contribution in [1.82, 2.24) is 4.98 Å². The largest absolute Gasteiger partial charge is 0.544 e. The van der Waals surface area contributed by atoms with Gasteiger partial charge in [-0.05, 0) is 18.1 Å². The quantitative estimate of drug-likeness (QED) is 0.792. The summed E-state index contributed by atoms with van der Waals surface area (Å²) in [5.41, 5.74) is 3.50. The number of aromatic amines is 1. The minimum atomic E-state index is -0.950. The van der Waals surface area contributed by atoms with Crippen LogP contribution in [-0.4, -0.2) is 17.0 Å². The predicted molar refractivity (Wildman–Crippen MR) is 84.2 cm³/mol. The van der Waals surface area contributed by atoms with Gasteiger partial charge in [-0.2, -0.15) is 0 Å². The van der Waals surface area contributed by atoms with E-state index in [9.17, 15) is 9.90 Å². The number of hydrogen-bond acceptors (Lipinski definition) is 2. The molecule has 0 bridgehead atoms. The van der Waals surface area contributed by atoms with Gasteiger partial charge in [0.1, 0.15) is 12.1 Å². The van der Waals surface area contributed by atoms with E-state index in [0.29, 0.717) is 6.42 Å². The van der Waals surface area contributed by atoms with Gasteiger partial charge in [0.25, 0.3) is 0 Å². The van der Waals surface area contributed by atoms with E-state index in [0.717, 1.165) is 23.7 Å². The van der Waals surface area contributed by atoms with E-state index in [1.165, 1.54) is 30.5 Å². The Morgan fingerprint density at radius 2 is 2.14 bits per heavy atom. The van der Waals surface area contributed by atoms with Crippen LogP contribution in [0.4, 0.5) is 0 Å². The molecule has 0 radical (unpaired) electrons. The molecule has 0 unspecified atom stereocenters. The first kappa shape index (κ1) is 15.1. The van der Waals surface area contributed by atoms with Crippen LogP contribution in [0.15, 0.2) is 24.3 Å². The molecule has 4 heteroatoms. The number of nitrogens with two attached hydrogens (primary N) is 1. The van der Waals surface area contributed by atoms with Crippen molar-refractivity contribution in [3.8, 4) is 0 Å². The van der Waals surface area contributed by atoms with Crippen molar-refractivity contribution < 1.29 is 15.2 Å². The van der Waals surface area contributed by atoms with E-state index >= 15 is 0 Å². The fourth-order valence-corrected chi connectivity index (χ4v) is 3.62. The first-order valence-corrected chi connectivity index (χ1v) is 8.36. The maximum Gasteiger partial charge on any atom is 0.131 e. The lowest BCUT2D eigenvalue weighted by Gasteiger charge is -2.28. The predicted octanol–water partition coefficient (Wildman–Crippen LogP) is 1.42. The molecule has 2 heterocycles. The Balaban J connectivity index is 1.88. The molecule has 1 aromatic carbocycles. The Labute approximate surface area is 130 Å². The molecule has 22 heavy (non-hydrogen) atoms. The number of carboxylic acids is 1. The summed E-state index contributed by atoms with van der Waals surface area (Å²) in [6.45, 7) is 2.20. The third-order valence-electron chi connectivity index (χ3n) is 4.78. The zero-order valence-corrected chi connectivity index (χ0v) is 13.1. The summed E-state index contributed by atoms with van der Waals surface area (Å²) in [6.07, 6.45) is 6.39. The van der Waals surface area contributed by atoms with Gasteiger partial charge in [-0.1, -0.05) is 44.4 Å². The maximum absolute atomic E-state index is 11.4. The summed E-state index contributed by atoms with van der Waals surface area (Å²) in [7, 11) is 0. The Hall–Kier alpha value is -1.81. The molecule has 0 amide bonds. The number of fused-ring (bicyclic) bond motifs is 3. The number of carbonyl (C=O) groups excluding carboxylic acids is 1. The fourth-order valence-electron chi connectivity index (χ4n) is 3.62. The van der Waals surface area contributed by atoms with Crippen LogP contribution in [0.5, 0.6) is 0 Å². The van der Waals surface area contributed by atoms with Crippen LogP contribution < -0.4 is 10.4 Å². The van der Waals surface area contributed by atoms with Gasteiger partial charge in [-0.25, -0.2) is 0 Å². The number of carboxylic acid groups (broad SMARTS) is 1. The highest BCUT2D eigenvalue weighted by Gasteiger charge is 2.33. The van der Waals surface area contributed by atoms with Crippen molar-refractivity contribution in [1.29, 1.82) is 0 Å². The average Bonchev–Trinajstić information content (AvgIpc) is 2.90. The molecular formula is C18H24N2O2. The van der Waals surface area contributed by atoms with Gasteiger partial charge >= 0.3 is 0 Å². The van der Waals surface area contributed by atoms with Gasteiger partial charge in [-0.3, -0.25) is 0 Å². The highest BCUT2D eigenvalue weighted by molar-refractivity contribution is 5.86. The number of H-pyrrole nitrogens is 1. The van der Waals surface area contributed by atoms with Crippen molar-refractivity contribution in [3.63, 3.8) is 0 Å². The van der Waals surface area contributed by atoms with Crippen molar-refractivity contribution in [2.24, 2.45) is 0 Å². The monoisotopic (exact) mass is 300 g/mol. The van der Waals surface area contributed by atoms with Crippen LogP contribution in [-0.2, 0) is 11.2 Å². The van der Waals surface area contributed by atoms with Crippen LogP contribution in [0.1, 0.15) is 56.3 Å². The van der Waals surface area contributed by atoms with Gasteiger partial charge in [0.15, 0.2) is 0 Å². The zero-order valence-electron chi connectivity index (χ0n) is 13.1. The second-order valence-electron chi connectivity index (χ2n) is 6.34. The number of quaternary nitrogens is 1. The Morgan fingerprint density at radius 3 is 2.91 bits per heavy atom. The topological polar surface area (TPSA) is 72.5 Å². The number of nitrogens with one attached hydrogen (secondary N) is 1. The SMILES string of the molecule is CCCCCC[C@@H]1[NH2+][C@H](C(=O)[O-])Cc2c1[nH]c1ccccc21. The minimum Gasteiger partial charge on any atom is -0.544 e. The average molecular weight is 300 g/mol. The summed E-state index contributed by atoms with van der Waals surface area (Å²) in [5.74, 6) is -0.950. The lowest BCUT2D eigenvalue weighted by molar-refractivity contribution is -0.726. The van der Waals surface area contributed by atoms with Crippen molar-refractivity contribution >= 4 is 16.9 Å². The molecule has 1 aromatic heterocycles. The zero-order chi connectivity index (χ0) is 15.5. The highest BCUT2D eigenvalue weighted by Crippen LogP contribution is 2.30. The summed E-state index contributed by atoms with van der Waals surface area (Å²) < 4.78 is 0. The summed E-state index contributed by atoms with van der Waals surface area (Å²) >= 11 is 0. The van der Waals surface area contributed by atoms with E-state index in [4.69, 9.17) is 0 Å². The molecular weight excluding hydrogens is 276 g/mol. The third-order valence-corrected chi connectivity index (χ3v) is 4.78. The van der Waals surface area contributed by atoms with E-state index in [1.807, 2.05) is 17.4 Å². The van der Waals surface area contributed by atoms with Gasteiger partial charge in [-0.15, -0.1) is 0 Å². The second kappa shape index (κ2) is 6.53. The second-order valence-corrected chi connectivity index (χ2v) is 6.34. The summed E-state index contributed by atoms with van der Waals surface area (Å²) in [6, 6.07) is 7.91.